The molecule has 0 bridgehead atoms. The van der Waals surface area contributed by atoms with Crippen LogP contribution in [0.4, 0.5) is 11.4 Å². The number of rotatable bonds is 2. The van der Waals surface area contributed by atoms with Crippen molar-refractivity contribution in [2.24, 2.45) is 0 Å². The number of H-pyrrole nitrogens is 1. The normalized spacial score (nSPS) is 8.94. The second-order valence-electron chi connectivity index (χ2n) is 2.76. The minimum absolute atomic E-state index is 0.546. The number of pyridine rings is 1. The lowest BCUT2D eigenvalue weighted by Gasteiger charge is -1.91. The molecule has 0 aliphatic heterocycles. The fourth-order valence-corrected chi connectivity index (χ4v) is 0.952. The van der Waals surface area contributed by atoms with Crippen molar-refractivity contribution in [2.75, 3.05) is 0 Å². The maximum atomic E-state index is 10.2. The Morgan fingerprint density at radius 3 is 2.00 bits per heavy atom. The van der Waals surface area contributed by atoms with Gasteiger partial charge in [0.05, 0.1) is 9.85 Å². The summed E-state index contributed by atoms with van der Waals surface area (Å²) in [4.78, 5) is 25.0. The number of nitrogens with one attached hydrogen (secondary N) is 1. The van der Waals surface area contributed by atoms with Crippen LogP contribution in [0.25, 0.3) is 0 Å². The van der Waals surface area contributed by atoms with Gasteiger partial charge in [-0.2, -0.15) is 0 Å². The van der Waals surface area contributed by atoms with Gasteiger partial charge >= 0.3 is 11.4 Å². The molecule has 8 heteroatoms. The first kappa shape index (κ1) is 12.3. The summed E-state index contributed by atoms with van der Waals surface area (Å²) >= 11 is 0. The van der Waals surface area contributed by atoms with Gasteiger partial charge in [-0.05, 0) is 12.1 Å². The lowest BCUT2D eigenvalue weighted by molar-refractivity contribution is -0.422. The summed E-state index contributed by atoms with van der Waals surface area (Å²) < 4.78 is 0. The molecule has 0 radical (unpaired) electrons. The third-order valence-electron chi connectivity index (χ3n) is 1.67. The molecule has 1 N–H and O–H groups in total. The molecule has 0 unspecified atom stereocenters. The van der Waals surface area contributed by atoms with Gasteiger partial charge in [0, 0.05) is 24.7 Å². The smallest absolute Gasteiger partial charge is 0.364 e. The molecule has 0 saturated heterocycles. The van der Waals surface area contributed by atoms with E-state index in [2.05, 4.69) is 9.97 Å². The van der Waals surface area contributed by atoms with E-state index >= 15 is 0 Å². The Labute approximate surface area is 95.2 Å². The van der Waals surface area contributed by atoms with E-state index in [4.69, 9.17) is 0 Å². The molecule has 0 aromatic carbocycles. The van der Waals surface area contributed by atoms with E-state index in [1.54, 1.807) is 0 Å². The molecular formula is C9H8N4O4. The molecule has 0 aliphatic rings. The highest BCUT2D eigenvalue weighted by Gasteiger charge is 2.22. The highest BCUT2D eigenvalue weighted by Crippen LogP contribution is 2.23. The largest absolute Gasteiger partial charge is 0.368 e. The summed E-state index contributed by atoms with van der Waals surface area (Å²) in [6.07, 6.45) is 5.73. The Hall–Kier alpha value is -2.77. The van der Waals surface area contributed by atoms with Gasteiger partial charge in [0.25, 0.3) is 0 Å². The zero-order chi connectivity index (χ0) is 12.7. The van der Waals surface area contributed by atoms with Gasteiger partial charge in [-0.1, -0.05) is 0 Å². The Kier molecular flexibility index (Phi) is 4.31. The fourth-order valence-electron chi connectivity index (χ4n) is 0.952. The number of nitro groups is 2. The van der Waals surface area contributed by atoms with Crippen LogP contribution >= 0.6 is 0 Å². The van der Waals surface area contributed by atoms with E-state index in [0.29, 0.717) is 0 Å². The molecule has 0 aliphatic carbocycles. The number of aromatic nitrogens is 2. The van der Waals surface area contributed by atoms with Crippen LogP contribution in [0.5, 0.6) is 0 Å². The average molecular weight is 236 g/mol. The zero-order valence-corrected chi connectivity index (χ0v) is 8.52. The van der Waals surface area contributed by atoms with Gasteiger partial charge < -0.3 is 4.98 Å². The van der Waals surface area contributed by atoms with Gasteiger partial charge in [0.1, 0.15) is 6.20 Å². The molecule has 0 atom stereocenters. The second-order valence-corrected chi connectivity index (χ2v) is 2.76. The van der Waals surface area contributed by atoms with Crippen molar-refractivity contribution in [1.29, 1.82) is 0 Å². The van der Waals surface area contributed by atoms with Gasteiger partial charge in [-0.25, -0.2) is 0 Å². The first-order valence-electron chi connectivity index (χ1n) is 4.43. The molecule has 0 spiro atoms. The van der Waals surface area contributed by atoms with E-state index in [1.807, 2.05) is 24.5 Å². The molecule has 0 amide bonds. The first-order valence-corrected chi connectivity index (χ1v) is 4.43. The highest BCUT2D eigenvalue weighted by atomic mass is 16.6. The van der Waals surface area contributed by atoms with Crippen LogP contribution < -0.4 is 0 Å². The molecule has 2 aromatic heterocycles. The quantitative estimate of drug-likeness (QED) is 0.631. The van der Waals surface area contributed by atoms with Gasteiger partial charge in [0.15, 0.2) is 0 Å². The van der Waals surface area contributed by atoms with Crippen LogP contribution in [-0.2, 0) is 0 Å². The van der Waals surface area contributed by atoms with E-state index in [1.165, 1.54) is 0 Å². The van der Waals surface area contributed by atoms with E-state index < -0.39 is 21.2 Å². The maximum Gasteiger partial charge on any atom is 0.364 e. The molecule has 88 valence electrons. The minimum atomic E-state index is -0.842. The Morgan fingerprint density at radius 1 is 1.06 bits per heavy atom. The van der Waals surface area contributed by atoms with E-state index in [9.17, 15) is 20.2 Å². The molecule has 0 saturated carbocycles. The molecule has 2 rings (SSSR count). The average Bonchev–Trinajstić information content (AvgIpc) is 2.87. The monoisotopic (exact) mass is 236 g/mol. The van der Waals surface area contributed by atoms with Gasteiger partial charge in [-0.15, -0.1) is 0 Å². The van der Waals surface area contributed by atoms with Crippen molar-refractivity contribution in [2.45, 2.75) is 0 Å². The van der Waals surface area contributed by atoms with E-state index in [0.717, 1.165) is 18.5 Å². The van der Waals surface area contributed by atoms with Crippen LogP contribution in [0, 0.1) is 20.2 Å². The number of aromatic amines is 1. The van der Waals surface area contributed by atoms with E-state index in [-0.39, 0.29) is 0 Å². The molecule has 0 fully saturated rings. The number of hydrogen-bond acceptors (Lipinski definition) is 5. The third-order valence-corrected chi connectivity index (χ3v) is 1.67. The molecule has 8 nitrogen and oxygen atoms in total. The second kappa shape index (κ2) is 5.95. The summed E-state index contributed by atoms with van der Waals surface area (Å²) in [7, 11) is 0. The van der Waals surface area contributed by atoms with Crippen LogP contribution in [-0.4, -0.2) is 19.8 Å². The number of hydrogen-bond donors (Lipinski definition) is 1. The van der Waals surface area contributed by atoms with Crippen LogP contribution in [0.1, 0.15) is 0 Å². The Bertz CT molecular complexity index is 447. The van der Waals surface area contributed by atoms with Crippen molar-refractivity contribution in [3.05, 3.63) is 63.2 Å². The van der Waals surface area contributed by atoms with Crippen LogP contribution in [0.2, 0.25) is 0 Å². The van der Waals surface area contributed by atoms with Gasteiger partial charge in [0.2, 0.25) is 0 Å². The summed E-state index contributed by atoms with van der Waals surface area (Å²) in [5.74, 6) is 0. The van der Waals surface area contributed by atoms with Crippen molar-refractivity contribution < 1.29 is 9.85 Å². The zero-order valence-electron chi connectivity index (χ0n) is 8.52. The maximum absolute atomic E-state index is 10.2. The first-order chi connectivity index (χ1) is 8.13. The topological polar surface area (TPSA) is 115 Å². The van der Waals surface area contributed by atoms with Crippen molar-refractivity contribution in [3.63, 3.8) is 0 Å². The van der Waals surface area contributed by atoms with Crippen molar-refractivity contribution in [1.82, 2.24) is 9.97 Å². The summed E-state index contributed by atoms with van der Waals surface area (Å²) in [5, 5.41) is 20.4. The van der Waals surface area contributed by atoms with Gasteiger partial charge in [-0.3, -0.25) is 25.2 Å². The van der Waals surface area contributed by atoms with Crippen molar-refractivity contribution >= 4 is 11.4 Å². The molecule has 2 aromatic rings. The van der Waals surface area contributed by atoms with Crippen LogP contribution in [0.15, 0.2) is 43.0 Å². The fraction of sp³-hybridized carbons (Fsp3) is 0. The highest BCUT2D eigenvalue weighted by molar-refractivity contribution is 5.49. The van der Waals surface area contributed by atoms with Crippen molar-refractivity contribution in [3.8, 4) is 0 Å². The standard InChI is InChI=1S/C5H3N3O4.C4H5N/c9-7(10)4-1-2-6-3-5(4)8(11)12;1-2-4-5-3-1/h1-3H;1-5H. The predicted octanol–water partition coefficient (Wildman–Crippen LogP) is 1.91. The predicted molar refractivity (Wildman–Crippen MR) is 58.3 cm³/mol. The number of nitrogens with zero attached hydrogens (tertiary/aromatic N) is 3. The Balaban J connectivity index is 0.000000239. The molecule has 17 heavy (non-hydrogen) atoms. The third kappa shape index (κ3) is 3.70. The molecular weight excluding hydrogens is 228 g/mol. The Morgan fingerprint density at radius 2 is 1.65 bits per heavy atom. The molecule has 2 heterocycles. The summed E-state index contributed by atoms with van der Waals surface area (Å²) in [6.45, 7) is 0. The van der Waals surface area contributed by atoms with Crippen LogP contribution in [0.3, 0.4) is 0 Å². The summed E-state index contributed by atoms with van der Waals surface area (Å²) in [6, 6.07) is 4.87. The SMILES string of the molecule is O=[N+]([O-])c1ccncc1[N+](=O)[O-].c1cc[nH]c1. The summed E-state index contributed by atoms with van der Waals surface area (Å²) in [5.41, 5.74) is -1.14. The lowest BCUT2D eigenvalue weighted by Crippen LogP contribution is -1.96. The minimum Gasteiger partial charge on any atom is -0.368 e. The lowest BCUT2D eigenvalue weighted by atomic mass is 10.4.